The highest BCUT2D eigenvalue weighted by Gasteiger charge is 2.21. The van der Waals surface area contributed by atoms with E-state index in [1.54, 1.807) is 0 Å². The van der Waals surface area contributed by atoms with Crippen molar-refractivity contribution in [2.45, 2.75) is 83.6 Å². The van der Waals surface area contributed by atoms with Crippen molar-refractivity contribution in [1.29, 1.82) is 0 Å². The van der Waals surface area contributed by atoms with E-state index in [2.05, 4.69) is 42.4 Å². The molecule has 0 radical (unpaired) electrons. The van der Waals surface area contributed by atoms with Gasteiger partial charge in [-0.3, -0.25) is 4.79 Å². The van der Waals surface area contributed by atoms with Gasteiger partial charge in [-0.15, -0.1) is 10.2 Å². The van der Waals surface area contributed by atoms with Gasteiger partial charge in [-0.2, -0.15) is 0 Å². The molecule has 1 saturated carbocycles. The molecule has 1 aliphatic carbocycles. The van der Waals surface area contributed by atoms with Crippen LogP contribution in [0.1, 0.15) is 69.0 Å². The SMILES string of the molecule is CCn1c(SCC(=O)NC2CCCCC2)nnc1C(C)Oc1cccc(C)c1C. The maximum Gasteiger partial charge on any atom is 0.230 e. The lowest BCUT2D eigenvalue weighted by molar-refractivity contribution is -0.119. The monoisotopic (exact) mass is 416 g/mol. The number of nitrogens with one attached hydrogen (secondary N) is 1. The van der Waals surface area contributed by atoms with Crippen LogP contribution < -0.4 is 10.1 Å². The van der Waals surface area contributed by atoms with Gasteiger partial charge in [0.25, 0.3) is 0 Å². The Hall–Kier alpha value is -2.02. The van der Waals surface area contributed by atoms with Crippen molar-refractivity contribution in [3.05, 3.63) is 35.2 Å². The Morgan fingerprint density at radius 3 is 2.76 bits per heavy atom. The normalized spacial score (nSPS) is 15.9. The highest BCUT2D eigenvalue weighted by molar-refractivity contribution is 7.99. The van der Waals surface area contributed by atoms with Crippen LogP contribution in [0.3, 0.4) is 0 Å². The third-order valence-electron chi connectivity index (χ3n) is 5.59. The number of amides is 1. The summed E-state index contributed by atoms with van der Waals surface area (Å²) in [6, 6.07) is 6.40. The van der Waals surface area contributed by atoms with E-state index in [1.807, 2.05) is 23.6 Å². The summed E-state index contributed by atoms with van der Waals surface area (Å²) in [7, 11) is 0. The van der Waals surface area contributed by atoms with Crippen LogP contribution in [0.5, 0.6) is 5.75 Å². The number of carbonyl (C=O) groups is 1. The third-order valence-corrected chi connectivity index (χ3v) is 6.55. The molecule has 158 valence electrons. The summed E-state index contributed by atoms with van der Waals surface area (Å²) in [5.74, 6) is 2.09. The molecular weight excluding hydrogens is 384 g/mol. The van der Waals surface area contributed by atoms with Gasteiger partial charge < -0.3 is 14.6 Å². The van der Waals surface area contributed by atoms with Gasteiger partial charge in [-0.25, -0.2) is 0 Å². The van der Waals surface area contributed by atoms with Gasteiger partial charge in [0.1, 0.15) is 5.75 Å². The Bertz CT molecular complexity index is 830. The fourth-order valence-corrected chi connectivity index (χ4v) is 4.57. The summed E-state index contributed by atoms with van der Waals surface area (Å²) in [4.78, 5) is 12.3. The van der Waals surface area contributed by atoms with Crippen LogP contribution in [-0.4, -0.2) is 32.5 Å². The fraction of sp³-hybridized carbons (Fsp3) is 0.591. The van der Waals surface area contributed by atoms with Crippen molar-refractivity contribution in [3.63, 3.8) is 0 Å². The Morgan fingerprint density at radius 2 is 2.03 bits per heavy atom. The zero-order chi connectivity index (χ0) is 20.8. The van der Waals surface area contributed by atoms with Crippen LogP contribution in [0, 0.1) is 13.8 Å². The van der Waals surface area contributed by atoms with Crippen molar-refractivity contribution in [2.75, 3.05) is 5.75 Å². The van der Waals surface area contributed by atoms with Gasteiger partial charge in [0.2, 0.25) is 5.91 Å². The number of ether oxygens (including phenoxy) is 1. The van der Waals surface area contributed by atoms with Crippen LogP contribution in [0.25, 0.3) is 0 Å². The van der Waals surface area contributed by atoms with Crippen molar-refractivity contribution in [2.24, 2.45) is 0 Å². The standard InChI is InChI=1S/C22H32N4O2S/c1-5-26-21(17(4)28-19-13-9-10-15(2)16(19)3)24-25-22(26)29-14-20(27)23-18-11-7-6-8-12-18/h9-10,13,17-18H,5-8,11-12,14H2,1-4H3,(H,23,27). The van der Waals surface area contributed by atoms with Gasteiger partial charge >= 0.3 is 0 Å². The second kappa shape index (κ2) is 10.1. The summed E-state index contributed by atoms with van der Waals surface area (Å²) in [5.41, 5.74) is 2.34. The van der Waals surface area contributed by atoms with Crippen molar-refractivity contribution in [3.8, 4) is 5.75 Å². The molecule has 1 aromatic heterocycles. The quantitative estimate of drug-likeness (QED) is 0.637. The number of hydrogen-bond acceptors (Lipinski definition) is 5. The van der Waals surface area contributed by atoms with Gasteiger partial charge in [0.05, 0.1) is 5.75 Å². The first-order chi connectivity index (χ1) is 14.0. The van der Waals surface area contributed by atoms with Gasteiger partial charge in [0.15, 0.2) is 17.1 Å². The lowest BCUT2D eigenvalue weighted by atomic mass is 9.95. The zero-order valence-electron chi connectivity index (χ0n) is 17.9. The van der Waals surface area contributed by atoms with Gasteiger partial charge in [-0.05, 0) is 57.7 Å². The van der Waals surface area contributed by atoms with Crippen molar-refractivity contribution in [1.82, 2.24) is 20.1 Å². The van der Waals surface area contributed by atoms with E-state index in [0.717, 1.165) is 41.7 Å². The maximum absolute atomic E-state index is 12.3. The average Bonchev–Trinajstić information content (AvgIpc) is 3.13. The Kier molecular flexibility index (Phi) is 7.58. The van der Waals surface area contributed by atoms with Crippen LogP contribution in [0.2, 0.25) is 0 Å². The summed E-state index contributed by atoms with van der Waals surface area (Å²) in [6.45, 7) is 8.92. The highest BCUT2D eigenvalue weighted by atomic mass is 32.2. The fourth-order valence-electron chi connectivity index (χ4n) is 3.75. The van der Waals surface area contributed by atoms with Crippen molar-refractivity contribution < 1.29 is 9.53 Å². The molecule has 7 heteroatoms. The van der Waals surface area contributed by atoms with E-state index in [9.17, 15) is 4.79 Å². The minimum Gasteiger partial charge on any atom is -0.482 e. The number of hydrogen-bond donors (Lipinski definition) is 1. The third kappa shape index (κ3) is 5.53. The molecule has 2 aromatic rings. The number of benzene rings is 1. The lowest BCUT2D eigenvalue weighted by Gasteiger charge is -2.22. The van der Waals surface area contributed by atoms with Crippen LogP contribution in [-0.2, 0) is 11.3 Å². The molecule has 0 aliphatic heterocycles. The summed E-state index contributed by atoms with van der Waals surface area (Å²) >= 11 is 1.44. The largest absolute Gasteiger partial charge is 0.482 e. The number of thioether (sulfide) groups is 1. The topological polar surface area (TPSA) is 69.0 Å². The number of rotatable bonds is 8. The molecule has 1 atom stereocenters. The van der Waals surface area contributed by atoms with E-state index in [1.165, 1.54) is 36.6 Å². The molecule has 1 aromatic carbocycles. The van der Waals surface area contributed by atoms with Crippen LogP contribution in [0.15, 0.2) is 23.4 Å². The molecule has 29 heavy (non-hydrogen) atoms. The minimum atomic E-state index is -0.228. The number of aryl methyl sites for hydroxylation is 1. The average molecular weight is 417 g/mol. The van der Waals surface area contributed by atoms with E-state index >= 15 is 0 Å². The Morgan fingerprint density at radius 1 is 1.28 bits per heavy atom. The molecule has 1 fully saturated rings. The molecule has 1 N–H and O–H groups in total. The predicted molar refractivity (Wildman–Crippen MR) is 116 cm³/mol. The van der Waals surface area contributed by atoms with Crippen LogP contribution >= 0.6 is 11.8 Å². The van der Waals surface area contributed by atoms with Crippen LogP contribution in [0.4, 0.5) is 0 Å². The zero-order valence-corrected chi connectivity index (χ0v) is 18.7. The molecule has 1 amide bonds. The Labute approximate surface area is 177 Å². The smallest absolute Gasteiger partial charge is 0.230 e. The van der Waals surface area contributed by atoms with E-state index in [0.29, 0.717) is 11.8 Å². The number of nitrogens with zero attached hydrogens (tertiary/aromatic N) is 3. The molecule has 0 bridgehead atoms. The molecule has 0 spiro atoms. The van der Waals surface area contributed by atoms with E-state index in [4.69, 9.17) is 4.74 Å². The first-order valence-electron chi connectivity index (χ1n) is 10.6. The van der Waals surface area contributed by atoms with E-state index in [-0.39, 0.29) is 12.0 Å². The second-order valence-corrected chi connectivity index (χ2v) is 8.68. The molecule has 1 heterocycles. The summed E-state index contributed by atoms with van der Waals surface area (Å²) in [6.07, 6.45) is 5.67. The van der Waals surface area contributed by atoms with Gasteiger partial charge in [0, 0.05) is 12.6 Å². The first-order valence-corrected chi connectivity index (χ1v) is 11.6. The summed E-state index contributed by atoms with van der Waals surface area (Å²) < 4.78 is 8.22. The molecule has 1 unspecified atom stereocenters. The number of carbonyl (C=O) groups excluding carboxylic acids is 1. The van der Waals surface area contributed by atoms with Gasteiger partial charge in [-0.1, -0.05) is 43.2 Å². The lowest BCUT2D eigenvalue weighted by Crippen LogP contribution is -2.37. The molecular formula is C22H32N4O2S. The van der Waals surface area contributed by atoms with E-state index < -0.39 is 0 Å². The first kappa shape index (κ1) is 21.7. The highest BCUT2D eigenvalue weighted by Crippen LogP contribution is 2.28. The summed E-state index contributed by atoms with van der Waals surface area (Å²) in [5, 5.41) is 12.6. The number of aromatic nitrogens is 3. The molecule has 3 rings (SSSR count). The molecule has 0 saturated heterocycles. The maximum atomic E-state index is 12.3. The molecule has 6 nitrogen and oxygen atoms in total. The molecule has 1 aliphatic rings. The second-order valence-electron chi connectivity index (χ2n) is 7.73. The Balaban J connectivity index is 1.61. The van der Waals surface area contributed by atoms with Crippen molar-refractivity contribution >= 4 is 17.7 Å². The predicted octanol–water partition coefficient (Wildman–Crippen LogP) is 4.60. The minimum absolute atomic E-state index is 0.0776.